The molecule has 8 nitrogen and oxygen atoms in total. The topological polar surface area (TPSA) is 96.6 Å². The van der Waals surface area contributed by atoms with Gasteiger partial charge < -0.3 is 9.32 Å². The van der Waals surface area contributed by atoms with Gasteiger partial charge in [-0.1, -0.05) is 36.6 Å². The molecule has 5 rings (SSSR count). The van der Waals surface area contributed by atoms with Gasteiger partial charge in [-0.05, 0) is 37.8 Å². The molecule has 1 aromatic heterocycles. The number of amides is 3. The highest BCUT2D eigenvalue weighted by Gasteiger charge is 2.48. The number of fused-ring (bicyclic) bond motifs is 1. The van der Waals surface area contributed by atoms with Crippen molar-refractivity contribution in [2.75, 3.05) is 6.54 Å². The van der Waals surface area contributed by atoms with Crippen molar-refractivity contribution in [3.63, 3.8) is 0 Å². The third-order valence-electron chi connectivity index (χ3n) is 6.67. The molecule has 3 aliphatic rings. The Morgan fingerprint density at radius 2 is 1.75 bits per heavy atom. The Bertz CT molecular complexity index is 1030. The lowest BCUT2D eigenvalue weighted by Crippen LogP contribution is -2.38. The first-order valence-corrected chi connectivity index (χ1v) is 11.6. The lowest BCUT2D eigenvalue weighted by Gasteiger charge is -2.22. The molecule has 2 atom stereocenters. The fourth-order valence-corrected chi connectivity index (χ4v) is 5.03. The van der Waals surface area contributed by atoms with Crippen molar-refractivity contribution in [1.29, 1.82) is 0 Å². The molecule has 2 unspecified atom stereocenters. The minimum absolute atomic E-state index is 0.105. The van der Waals surface area contributed by atoms with Crippen LogP contribution in [-0.2, 0) is 20.9 Å². The van der Waals surface area contributed by atoms with Crippen molar-refractivity contribution in [1.82, 2.24) is 20.0 Å². The molecule has 0 spiro atoms. The average Bonchev–Trinajstić information content (AvgIpc) is 3.49. The van der Waals surface area contributed by atoms with Crippen molar-refractivity contribution in [2.24, 2.45) is 11.8 Å². The number of rotatable bonds is 7. The zero-order valence-corrected chi connectivity index (χ0v) is 18.5. The van der Waals surface area contributed by atoms with Gasteiger partial charge in [-0.15, -0.1) is 10.2 Å². The zero-order valence-electron chi connectivity index (χ0n) is 17.7. The van der Waals surface area contributed by atoms with E-state index in [4.69, 9.17) is 16.0 Å². The van der Waals surface area contributed by atoms with Crippen LogP contribution in [0.1, 0.15) is 50.8 Å². The van der Waals surface area contributed by atoms with Crippen molar-refractivity contribution in [3.05, 3.63) is 35.2 Å². The van der Waals surface area contributed by atoms with Gasteiger partial charge in [0.05, 0.1) is 29.0 Å². The Balaban J connectivity index is 1.23. The molecular weight excluding hydrogens is 432 g/mol. The van der Waals surface area contributed by atoms with Crippen LogP contribution in [0.3, 0.4) is 0 Å². The third kappa shape index (κ3) is 4.03. The summed E-state index contributed by atoms with van der Waals surface area (Å²) in [6, 6.07) is 7.33. The van der Waals surface area contributed by atoms with Crippen molar-refractivity contribution in [3.8, 4) is 11.5 Å². The molecule has 3 amide bonds. The van der Waals surface area contributed by atoms with E-state index in [0.717, 1.165) is 38.5 Å². The fourth-order valence-electron chi connectivity index (χ4n) is 4.82. The summed E-state index contributed by atoms with van der Waals surface area (Å²) >= 11 is 6.20. The Labute approximate surface area is 190 Å². The number of hydrogen-bond acceptors (Lipinski definition) is 6. The van der Waals surface area contributed by atoms with Crippen LogP contribution in [0.5, 0.6) is 0 Å². The minimum Gasteiger partial charge on any atom is -0.419 e. The summed E-state index contributed by atoms with van der Waals surface area (Å²) in [6.45, 7) is 0.343. The molecule has 2 heterocycles. The number of nitrogens with zero attached hydrogens (tertiary/aromatic N) is 4. The number of halogens is 1. The van der Waals surface area contributed by atoms with E-state index >= 15 is 0 Å². The summed E-state index contributed by atoms with van der Waals surface area (Å²) in [5, 5.41) is 8.67. The van der Waals surface area contributed by atoms with E-state index in [1.165, 1.54) is 4.90 Å². The van der Waals surface area contributed by atoms with Gasteiger partial charge in [0.15, 0.2) is 0 Å². The Morgan fingerprint density at radius 3 is 2.41 bits per heavy atom. The molecule has 1 aliphatic heterocycles. The first-order chi connectivity index (χ1) is 15.5. The second-order valence-corrected chi connectivity index (χ2v) is 9.22. The first-order valence-electron chi connectivity index (χ1n) is 11.2. The van der Waals surface area contributed by atoms with Gasteiger partial charge in [-0.2, -0.15) is 0 Å². The maximum Gasteiger partial charge on any atom is 0.249 e. The molecule has 1 aromatic carbocycles. The van der Waals surface area contributed by atoms with Gasteiger partial charge in [0.25, 0.3) is 0 Å². The van der Waals surface area contributed by atoms with Crippen LogP contribution in [0.25, 0.3) is 11.5 Å². The molecule has 1 saturated heterocycles. The van der Waals surface area contributed by atoms with Crippen LogP contribution in [0.2, 0.25) is 5.02 Å². The highest BCUT2D eigenvalue weighted by molar-refractivity contribution is 6.33. The Kier molecular flexibility index (Phi) is 5.71. The van der Waals surface area contributed by atoms with Crippen LogP contribution in [0.15, 0.2) is 28.7 Å². The summed E-state index contributed by atoms with van der Waals surface area (Å²) in [5.74, 6) is -0.0526. The molecular formula is C23H25ClN4O4. The maximum atomic E-state index is 13.0. The van der Waals surface area contributed by atoms with Crippen LogP contribution in [-0.4, -0.2) is 50.3 Å². The average molecular weight is 457 g/mol. The molecule has 0 radical (unpaired) electrons. The number of likely N-dealkylation sites (tertiary alicyclic amines) is 1. The summed E-state index contributed by atoms with van der Waals surface area (Å²) in [4.78, 5) is 41.4. The normalized spacial score (nSPS) is 22.8. The molecule has 2 aliphatic carbocycles. The highest BCUT2D eigenvalue weighted by atomic mass is 35.5. The quantitative estimate of drug-likeness (QED) is 0.592. The summed E-state index contributed by atoms with van der Waals surface area (Å²) < 4.78 is 5.77. The maximum absolute atomic E-state index is 13.0. The molecule has 0 N–H and O–H groups in total. The number of imide groups is 1. The molecule has 2 aromatic rings. The summed E-state index contributed by atoms with van der Waals surface area (Å²) in [6.07, 6.45) is 5.48. The largest absolute Gasteiger partial charge is 0.419 e. The van der Waals surface area contributed by atoms with Gasteiger partial charge in [0.2, 0.25) is 29.5 Å². The molecule has 3 fully saturated rings. The predicted octanol–water partition coefficient (Wildman–Crippen LogP) is 3.45. The van der Waals surface area contributed by atoms with E-state index in [-0.39, 0.29) is 55.1 Å². The van der Waals surface area contributed by atoms with E-state index in [0.29, 0.717) is 22.4 Å². The lowest BCUT2D eigenvalue weighted by molar-refractivity contribution is -0.141. The second kappa shape index (κ2) is 8.65. The highest BCUT2D eigenvalue weighted by Crippen LogP contribution is 2.38. The van der Waals surface area contributed by atoms with Gasteiger partial charge in [-0.25, -0.2) is 0 Å². The van der Waals surface area contributed by atoms with Crippen LogP contribution < -0.4 is 0 Å². The van der Waals surface area contributed by atoms with Crippen molar-refractivity contribution >= 4 is 29.3 Å². The number of aromatic nitrogens is 2. The van der Waals surface area contributed by atoms with E-state index in [1.54, 1.807) is 17.0 Å². The van der Waals surface area contributed by atoms with E-state index < -0.39 is 0 Å². The molecule has 168 valence electrons. The standard InChI is InChI=1S/C23H25ClN4O4/c24-18-8-4-3-7-17(18)21-26-25-19(32-21)13-28(14-9-10-14)20(29)11-12-27-22(30)15-5-1-2-6-16(15)23(27)31/h3-4,7-8,14-16H,1-2,5-6,9-13H2. The van der Waals surface area contributed by atoms with E-state index in [2.05, 4.69) is 10.2 Å². The van der Waals surface area contributed by atoms with Crippen LogP contribution >= 0.6 is 11.6 Å². The Hall–Kier alpha value is -2.74. The lowest BCUT2D eigenvalue weighted by atomic mass is 9.81. The predicted molar refractivity (Wildman–Crippen MR) is 115 cm³/mol. The molecule has 2 saturated carbocycles. The van der Waals surface area contributed by atoms with E-state index in [9.17, 15) is 14.4 Å². The van der Waals surface area contributed by atoms with Gasteiger partial charge in [-0.3, -0.25) is 19.3 Å². The van der Waals surface area contributed by atoms with Gasteiger partial charge in [0.1, 0.15) is 0 Å². The summed E-state index contributed by atoms with van der Waals surface area (Å²) in [7, 11) is 0. The first kappa shape index (κ1) is 21.1. The smallest absolute Gasteiger partial charge is 0.249 e. The SMILES string of the molecule is O=C1C2CCCCC2C(=O)N1CCC(=O)N(Cc1nnc(-c2ccccc2Cl)o1)C1CC1. The fraction of sp³-hybridized carbons (Fsp3) is 0.522. The number of benzene rings is 1. The Morgan fingerprint density at radius 1 is 1.06 bits per heavy atom. The third-order valence-corrected chi connectivity index (χ3v) is 7.00. The summed E-state index contributed by atoms with van der Waals surface area (Å²) in [5.41, 5.74) is 0.643. The van der Waals surface area contributed by atoms with E-state index in [1.807, 2.05) is 12.1 Å². The molecule has 32 heavy (non-hydrogen) atoms. The van der Waals surface area contributed by atoms with Gasteiger partial charge >= 0.3 is 0 Å². The second-order valence-electron chi connectivity index (χ2n) is 8.81. The molecule has 9 heteroatoms. The van der Waals surface area contributed by atoms with Crippen LogP contribution in [0.4, 0.5) is 0 Å². The monoisotopic (exact) mass is 456 g/mol. The number of carbonyl (C=O) groups excluding carboxylic acids is 3. The van der Waals surface area contributed by atoms with Crippen molar-refractivity contribution < 1.29 is 18.8 Å². The van der Waals surface area contributed by atoms with Crippen LogP contribution in [0, 0.1) is 11.8 Å². The number of carbonyl (C=O) groups is 3. The number of hydrogen-bond donors (Lipinski definition) is 0. The van der Waals surface area contributed by atoms with Crippen molar-refractivity contribution in [2.45, 2.75) is 57.5 Å². The zero-order chi connectivity index (χ0) is 22.2. The van der Waals surface area contributed by atoms with Gasteiger partial charge in [0, 0.05) is 19.0 Å². The molecule has 0 bridgehead atoms. The minimum atomic E-state index is -0.187.